The molecule has 0 atom stereocenters. The fourth-order valence-corrected chi connectivity index (χ4v) is 1.00. The Morgan fingerprint density at radius 3 is 2.50 bits per heavy atom. The number of aromatic nitrogens is 2. The number of nitrogens with zero attached hydrogens (tertiary/aromatic N) is 3. The molecule has 0 saturated heterocycles. The van der Waals surface area contributed by atoms with Crippen LogP contribution >= 0.6 is 11.6 Å². The van der Waals surface area contributed by atoms with Gasteiger partial charge in [0.25, 0.3) is 0 Å². The minimum absolute atomic E-state index is 0.169. The lowest BCUT2D eigenvalue weighted by atomic mass is 10.5. The lowest BCUT2D eigenvalue weighted by Crippen LogP contribution is -2.18. The van der Waals surface area contributed by atoms with E-state index in [1.54, 1.807) is 26.0 Å². The smallest absolute Gasteiger partial charge is 0.402 e. The first-order valence-electron chi connectivity index (χ1n) is 4.32. The SMILES string of the molecule is CNc1nc(OC(F)(F)Cl)cc(N(C)C)n1. The van der Waals surface area contributed by atoms with Gasteiger partial charge in [0.15, 0.2) is 0 Å². The Kier molecular flexibility index (Phi) is 3.69. The molecule has 8 heteroatoms. The number of rotatable bonds is 4. The number of alkyl halides is 3. The van der Waals surface area contributed by atoms with Crippen molar-refractivity contribution in [3.63, 3.8) is 0 Å². The molecule has 1 aromatic rings. The first kappa shape index (κ1) is 12.7. The summed E-state index contributed by atoms with van der Waals surface area (Å²) in [5, 5.41) is 2.63. The molecule has 0 saturated carbocycles. The molecule has 0 spiro atoms. The number of ether oxygens (including phenoxy) is 1. The van der Waals surface area contributed by atoms with Gasteiger partial charge in [0.2, 0.25) is 11.8 Å². The van der Waals surface area contributed by atoms with Crippen molar-refractivity contribution in [1.29, 1.82) is 0 Å². The fraction of sp³-hybridized carbons (Fsp3) is 0.500. The van der Waals surface area contributed by atoms with E-state index in [1.807, 2.05) is 0 Å². The first-order valence-corrected chi connectivity index (χ1v) is 4.69. The molecular formula is C8H11ClF2N4O. The van der Waals surface area contributed by atoms with Crippen LogP contribution in [0.5, 0.6) is 5.88 Å². The van der Waals surface area contributed by atoms with Crippen LogP contribution in [0.4, 0.5) is 20.5 Å². The summed E-state index contributed by atoms with van der Waals surface area (Å²) in [5.41, 5.74) is -3.79. The normalized spacial score (nSPS) is 11.1. The first-order chi connectivity index (χ1) is 7.31. The minimum atomic E-state index is -3.79. The summed E-state index contributed by atoms with van der Waals surface area (Å²) in [4.78, 5) is 9.33. The second-order valence-electron chi connectivity index (χ2n) is 3.08. The highest BCUT2D eigenvalue weighted by Crippen LogP contribution is 2.26. The Morgan fingerprint density at radius 2 is 2.06 bits per heavy atom. The van der Waals surface area contributed by atoms with Crippen LogP contribution in [-0.2, 0) is 0 Å². The van der Waals surface area contributed by atoms with Gasteiger partial charge in [0, 0.05) is 38.8 Å². The molecule has 0 amide bonds. The van der Waals surface area contributed by atoms with Crippen molar-refractivity contribution < 1.29 is 13.5 Å². The van der Waals surface area contributed by atoms with Crippen LogP contribution in [0.15, 0.2) is 6.07 Å². The standard InChI is InChI=1S/C8H11ClF2N4O/c1-12-7-13-5(15(2)3)4-6(14-7)16-8(9,10)11/h4H,1-3H3,(H,12,13,14). The van der Waals surface area contributed by atoms with Gasteiger partial charge in [-0.25, -0.2) is 0 Å². The Bertz CT molecular complexity index is 370. The van der Waals surface area contributed by atoms with Crippen molar-refractivity contribution in [1.82, 2.24) is 9.97 Å². The molecule has 1 heterocycles. The van der Waals surface area contributed by atoms with E-state index >= 15 is 0 Å². The highest BCUT2D eigenvalue weighted by atomic mass is 35.5. The van der Waals surface area contributed by atoms with E-state index in [0.717, 1.165) is 0 Å². The van der Waals surface area contributed by atoms with E-state index in [1.165, 1.54) is 6.07 Å². The van der Waals surface area contributed by atoms with Crippen molar-refractivity contribution >= 4 is 23.4 Å². The zero-order valence-corrected chi connectivity index (χ0v) is 9.72. The molecule has 0 radical (unpaired) electrons. The Hall–Kier alpha value is -1.37. The second kappa shape index (κ2) is 4.65. The largest absolute Gasteiger partial charge is 0.488 e. The molecule has 0 aliphatic carbocycles. The van der Waals surface area contributed by atoms with E-state index in [2.05, 4.69) is 31.6 Å². The minimum Gasteiger partial charge on any atom is -0.402 e. The predicted molar refractivity (Wildman–Crippen MR) is 57.3 cm³/mol. The third-order valence-electron chi connectivity index (χ3n) is 1.59. The lowest BCUT2D eigenvalue weighted by molar-refractivity contribution is -0.0990. The van der Waals surface area contributed by atoms with Gasteiger partial charge in [-0.05, 0) is 0 Å². The van der Waals surface area contributed by atoms with Crippen molar-refractivity contribution in [2.75, 3.05) is 31.4 Å². The lowest BCUT2D eigenvalue weighted by Gasteiger charge is -2.15. The van der Waals surface area contributed by atoms with Crippen molar-refractivity contribution in [3.05, 3.63) is 6.07 Å². The summed E-state index contributed by atoms with van der Waals surface area (Å²) in [6.07, 6.45) is 0. The van der Waals surface area contributed by atoms with E-state index in [-0.39, 0.29) is 11.8 Å². The van der Waals surface area contributed by atoms with Crippen LogP contribution in [0.25, 0.3) is 0 Å². The third-order valence-corrected chi connectivity index (χ3v) is 1.67. The maximum absolute atomic E-state index is 12.4. The molecule has 5 nitrogen and oxygen atoms in total. The number of halogens is 3. The molecule has 1 N–H and O–H groups in total. The Labute approximate surface area is 96.4 Å². The molecule has 0 aliphatic heterocycles. The van der Waals surface area contributed by atoms with Crippen molar-refractivity contribution in [3.8, 4) is 5.88 Å². The van der Waals surface area contributed by atoms with Crippen LogP contribution in [0.2, 0.25) is 0 Å². The van der Waals surface area contributed by atoms with Crippen LogP contribution in [0, 0.1) is 0 Å². The van der Waals surface area contributed by atoms with Gasteiger partial charge in [-0.2, -0.15) is 9.97 Å². The van der Waals surface area contributed by atoms with Gasteiger partial charge in [-0.15, -0.1) is 8.78 Å². The Morgan fingerprint density at radius 1 is 1.44 bits per heavy atom. The van der Waals surface area contributed by atoms with E-state index < -0.39 is 5.57 Å². The van der Waals surface area contributed by atoms with Gasteiger partial charge in [-0.1, -0.05) is 0 Å². The van der Waals surface area contributed by atoms with Gasteiger partial charge in [0.1, 0.15) is 5.82 Å². The highest BCUT2D eigenvalue weighted by molar-refractivity contribution is 6.20. The number of hydrogen-bond acceptors (Lipinski definition) is 5. The zero-order valence-electron chi connectivity index (χ0n) is 8.96. The molecule has 16 heavy (non-hydrogen) atoms. The van der Waals surface area contributed by atoms with Crippen molar-refractivity contribution in [2.24, 2.45) is 0 Å². The third kappa shape index (κ3) is 3.65. The number of hydrogen-bond donors (Lipinski definition) is 1. The molecule has 90 valence electrons. The summed E-state index contributed by atoms with van der Waals surface area (Å²) in [6, 6.07) is 1.26. The summed E-state index contributed by atoms with van der Waals surface area (Å²) >= 11 is 4.65. The molecule has 1 aromatic heterocycles. The summed E-state index contributed by atoms with van der Waals surface area (Å²) in [6.45, 7) is 0. The fourth-order valence-electron chi connectivity index (χ4n) is 0.925. The molecule has 0 bridgehead atoms. The topological polar surface area (TPSA) is 50.3 Å². The molecule has 0 unspecified atom stereocenters. The quantitative estimate of drug-likeness (QED) is 0.828. The van der Waals surface area contributed by atoms with Crippen LogP contribution in [0.3, 0.4) is 0 Å². The van der Waals surface area contributed by atoms with E-state index in [0.29, 0.717) is 5.82 Å². The Balaban J connectivity index is 3.04. The number of nitrogens with one attached hydrogen (secondary N) is 1. The van der Waals surface area contributed by atoms with Gasteiger partial charge < -0.3 is 15.0 Å². The molecular weight excluding hydrogens is 242 g/mol. The second-order valence-corrected chi connectivity index (χ2v) is 3.52. The van der Waals surface area contributed by atoms with E-state index in [4.69, 9.17) is 0 Å². The average molecular weight is 253 g/mol. The van der Waals surface area contributed by atoms with Gasteiger partial charge in [0.05, 0.1) is 0 Å². The maximum atomic E-state index is 12.4. The van der Waals surface area contributed by atoms with Crippen LogP contribution < -0.4 is 15.0 Å². The zero-order chi connectivity index (χ0) is 12.3. The van der Waals surface area contributed by atoms with Crippen LogP contribution in [-0.4, -0.2) is 36.7 Å². The summed E-state index contributed by atoms with van der Waals surface area (Å²) in [5.74, 6) is 0.292. The van der Waals surface area contributed by atoms with Gasteiger partial charge >= 0.3 is 5.57 Å². The molecule has 0 aliphatic rings. The average Bonchev–Trinajstić information content (AvgIpc) is 2.14. The highest BCUT2D eigenvalue weighted by Gasteiger charge is 2.28. The molecule has 1 rings (SSSR count). The molecule has 0 fully saturated rings. The maximum Gasteiger partial charge on any atom is 0.488 e. The number of anilines is 2. The molecule has 0 aromatic carbocycles. The monoisotopic (exact) mass is 252 g/mol. The summed E-state index contributed by atoms with van der Waals surface area (Å²) in [7, 11) is 4.99. The van der Waals surface area contributed by atoms with Crippen molar-refractivity contribution in [2.45, 2.75) is 5.57 Å². The van der Waals surface area contributed by atoms with Gasteiger partial charge in [-0.3, -0.25) is 0 Å². The van der Waals surface area contributed by atoms with Crippen LogP contribution in [0.1, 0.15) is 0 Å². The predicted octanol–water partition coefficient (Wildman–Crippen LogP) is 1.75. The summed E-state index contributed by atoms with van der Waals surface area (Å²) < 4.78 is 29.0. The van der Waals surface area contributed by atoms with E-state index in [9.17, 15) is 8.78 Å².